The van der Waals surface area contributed by atoms with Crippen LogP contribution >= 0.6 is 0 Å². The fourth-order valence-corrected chi connectivity index (χ4v) is 9.16. The maximum absolute atomic E-state index is 13.2. The number of rotatable bonds is 5. The molecule has 30 heavy (non-hydrogen) atoms. The molecule has 170 valence electrons. The number of ether oxygens (including phenoxy) is 1. The monoisotopic (exact) mass is 439 g/mol. The van der Waals surface area contributed by atoms with Crippen molar-refractivity contribution in [1.29, 1.82) is 0 Å². The number of hydrogen-bond acceptors (Lipinski definition) is 4. The van der Waals surface area contributed by atoms with Crippen molar-refractivity contribution in [3.63, 3.8) is 0 Å². The Labute approximate surface area is 181 Å². The summed E-state index contributed by atoms with van der Waals surface area (Å²) in [5, 5.41) is 3.36. The predicted molar refractivity (Wildman–Crippen MR) is 114 cm³/mol. The van der Waals surface area contributed by atoms with E-state index in [0.717, 1.165) is 30.6 Å². The van der Waals surface area contributed by atoms with Gasteiger partial charge in [0, 0.05) is 32.2 Å². The molecule has 6 rings (SSSR count). The zero-order chi connectivity index (χ0) is 20.9. The molecule has 2 heterocycles. The first-order valence-corrected chi connectivity index (χ1v) is 13.4. The Morgan fingerprint density at radius 2 is 1.60 bits per heavy atom. The number of carbonyl (C=O) groups is 1. The first kappa shape index (κ1) is 21.2. The van der Waals surface area contributed by atoms with Crippen LogP contribution in [0.25, 0.3) is 0 Å². The molecular formula is C22H37N3O4S. The number of hydrogen-bond donors (Lipinski definition) is 1. The molecule has 4 aliphatic carbocycles. The number of piperidine rings is 1. The van der Waals surface area contributed by atoms with Gasteiger partial charge in [-0.3, -0.25) is 4.79 Å². The lowest BCUT2D eigenvalue weighted by molar-refractivity contribution is -0.130. The van der Waals surface area contributed by atoms with E-state index >= 15 is 0 Å². The molecule has 4 saturated carbocycles. The van der Waals surface area contributed by atoms with Crippen molar-refractivity contribution in [2.24, 2.45) is 29.1 Å². The molecule has 1 N–H and O–H groups in total. The second-order valence-electron chi connectivity index (χ2n) is 10.7. The number of carbonyl (C=O) groups excluding carboxylic acids is 1. The molecule has 2 aliphatic heterocycles. The molecule has 0 spiro atoms. The molecule has 2 atom stereocenters. The fraction of sp³-hybridized carbons (Fsp3) is 0.955. The third-order valence-electron chi connectivity index (χ3n) is 8.74. The highest BCUT2D eigenvalue weighted by atomic mass is 32.2. The van der Waals surface area contributed by atoms with Gasteiger partial charge in [-0.15, -0.1) is 0 Å². The van der Waals surface area contributed by atoms with Crippen molar-refractivity contribution in [3.05, 3.63) is 0 Å². The Hall–Kier alpha value is -0.700. The first-order valence-electron chi connectivity index (χ1n) is 12.0. The van der Waals surface area contributed by atoms with Crippen molar-refractivity contribution in [1.82, 2.24) is 13.9 Å². The Morgan fingerprint density at radius 3 is 2.20 bits per heavy atom. The van der Waals surface area contributed by atoms with E-state index in [4.69, 9.17) is 4.74 Å². The summed E-state index contributed by atoms with van der Waals surface area (Å²) >= 11 is 0. The molecule has 0 aromatic carbocycles. The standard InChI is InChI=1S/C22H37N3O4S/c1-16(22-12-17-9-18(13-22)11-19(10-17)14-22)23-21(26)20-3-2-4-25(15-20)30(27,28)24-5-7-29-8-6-24/h16-20H,2-15H2,1H3,(H,23,26)/t16-,17?,18?,19?,20-,22?/m0/s1. The minimum absolute atomic E-state index is 0.0557. The van der Waals surface area contributed by atoms with E-state index in [1.54, 1.807) is 0 Å². The Balaban J connectivity index is 1.22. The maximum Gasteiger partial charge on any atom is 0.282 e. The average molecular weight is 440 g/mol. The van der Waals surface area contributed by atoms with Crippen LogP contribution in [0.15, 0.2) is 0 Å². The van der Waals surface area contributed by atoms with Crippen LogP contribution in [0.1, 0.15) is 58.3 Å². The maximum atomic E-state index is 13.2. The largest absolute Gasteiger partial charge is 0.379 e. The summed E-state index contributed by atoms with van der Waals surface area (Å²) in [7, 11) is -3.51. The third-order valence-corrected chi connectivity index (χ3v) is 10.7. The molecule has 1 amide bonds. The van der Waals surface area contributed by atoms with Crippen molar-refractivity contribution >= 4 is 16.1 Å². The Kier molecular flexibility index (Phi) is 5.65. The highest BCUT2D eigenvalue weighted by Gasteiger charge is 2.53. The van der Waals surface area contributed by atoms with Gasteiger partial charge in [-0.05, 0) is 81.5 Å². The summed E-state index contributed by atoms with van der Waals surface area (Å²) in [6.45, 7) is 4.71. The van der Waals surface area contributed by atoms with Crippen LogP contribution in [0.5, 0.6) is 0 Å². The van der Waals surface area contributed by atoms with Gasteiger partial charge in [0.2, 0.25) is 5.91 Å². The van der Waals surface area contributed by atoms with Crippen molar-refractivity contribution < 1.29 is 17.9 Å². The van der Waals surface area contributed by atoms with Gasteiger partial charge in [-0.1, -0.05) is 0 Å². The summed E-state index contributed by atoms with van der Waals surface area (Å²) in [4.78, 5) is 13.2. The molecule has 0 unspecified atom stereocenters. The summed E-state index contributed by atoms with van der Waals surface area (Å²) < 4.78 is 34.4. The normalized spacial score (nSPS) is 41.0. The van der Waals surface area contributed by atoms with E-state index in [2.05, 4.69) is 12.2 Å². The van der Waals surface area contributed by atoms with E-state index in [0.29, 0.717) is 39.4 Å². The van der Waals surface area contributed by atoms with E-state index in [9.17, 15) is 13.2 Å². The predicted octanol–water partition coefficient (Wildman–Crippen LogP) is 2.00. The van der Waals surface area contributed by atoms with Gasteiger partial charge >= 0.3 is 0 Å². The lowest BCUT2D eigenvalue weighted by Crippen LogP contribution is -2.58. The van der Waals surface area contributed by atoms with Gasteiger partial charge in [0.1, 0.15) is 0 Å². The molecule has 0 aromatic rings. The number of nitrogens with zero attached hydrogens (tertiary/aromatic N) is 2. The van der Waals surface area contributed by atoms with E-state index in [1.807, 2.05) is 0 Å². The molecule has 6 fully saturated rings. The van der Waals surface area contributed by atoms with Crippen molar-refractivity contribution in [2.45, 2.75) is 64.3 Å². The minimum atomic E-state index is -3.51. The Morgan fingerprint density at radius 1 is 1.00 bits per heavy atom. The first-order chi connectivity index (χ1) is 14.4. The fourth-order valence-electron chi connectivity index (χ4n) is 7.50. The summed E-state index contributed by atoms with van der Waals surface area (Å²) in [6, 6.07) is 0.185. The summed E-state index contributed by atoms with van der Waals surface area (Å²) in [5.74, 6) is 2.39. The lowest BCUT2D eigenvalue weighted by atomic mass is 9.48. The second-order valence-corrected chi connectivity index (χ2v) is 12.7. The Bertz CT molecular complexity index is 729. The minimum Gasteiger partial charge on any atom is -0.379 e. The highest BCUT2D eigenvalue weighted by molar-refractivity contribution is 7.86. The molecule has 0 radical (unpaired) electrons. The van der Waals surface area contributed by atoms with Crippen LogP contribution in [-0.4, -0.2) is 68.4 Å². The van der Waals surface area contributed by atoms with Crippen LogP contribution in [0.3, 0.4) is 0 Å². The lowest BCUT2D eigenvalue weighted by Gasteiger charge is -2.59. The second kappa shape index (κ2) is 8.01. The van der Waals surface area contributed by atoms with Gasteiger partial charge in [0.25, 0.3) is 10.2 Å². The topological polar surface area (TPSA) is 79.0 Å². The molecule has 7 nitrogen and oxygen atoms in total. The zero-order valence-electron chi connectivity index (χ0n) is 18.2. The van der Waals surface area contributed by atoms with Crippen LogP contribution in [0.4, 0.5) is 0 Å². The van der Waals surface area contributed by atoms with Gasteiger partial charge in [0.05, 0.1) is 19.1 Å². The number of nitrogens with one attached hydrogen (secondary N) is 1. The zero-order valence-corrected chi connectivity index (χ0v) is 19.0. The smallest absolute Gasteiger partial charge is 0.282 e. The van der Waals surface area contributed by atoms with Crippen LogP contribution in [0, 0.1) is 29.1 Å². The molecule has 6 aliphatic rings. The molecule has 2 saturated heterocycles. The molecule has 0 aromatic heterocycles. The van der Waals surface area contributed by atoms with E-state index in [1.165, 1.54) is 47.1 Å². The number of amides is 1. The number of morpholine rings is 1. The van der Waals surface area contributed by atoms with Gasteiger partial charge in [0.15, 0.2) is 0 Å². The quantitative estimate of drug-likeness (QED) is 0.711. The van der Waals surface area contributed by atoms with Crippen LogP contribution in [0.2, 0.25) is 0 Å². The third kappa shape index (κ3) is 3.82. The van der Waals surface area contributed by atoms with Gasteiger partial charge < -0.3 is 10.1 Å². The molecular weight excluding hydrogens is 402 g/mol. The van der Waals surface area contributed by atoms with Crippen molar-refractivity contribution in [2.75, 3.05) is 39.4 Å². The van der Waals surface area contributed by atoms with Gasteiger partial charge in [-0.25, -0.2) is 0 Å². The summed E-state index contributed by atoms with van der Waals surface area (Å²) in [6.07, 6.45) is 9.51. The SMILES string of the molecule is C[C@H](NC(=O)[C@H]1CCCN(S(=O)(=O)N2CCOCC2)C1)C12CC3CC(CC(C3)C1)C2. The average Bonchev–Trinajstić information content (AvgIpc) is 2.73. The molecule has 4 bridgehead atoms. The highest BCUT2D eigenvalue weighted by Crippen LogP contribution is 2.61. The van der Waals surface area contributed by atoms with E-state index < -0.39 is 10.2 Å². The van der Waals surface area contributed by atoms with Crippen LogP contribution in [-0.2, 0) is 19.7 Å². The van der Waals surface area contributed by atoms with E-state index in [-0.39, 0.29) is 23.3 Å². The summed E-state index contributed by atoms with van der Waals surface area (Å²) in [5.41, 5.74) is 0.276. The van der Waals surface area contributed by atoms with Crippen LogP contribution < -0.4 is 5.32 Å². The molecule has 8 heteroatoms. The van der Waals surface area contributed by atoms with Gasteiger partial charge in [-0.2, -0.15) is 17.0 Å². The van der Waals surface area contributed by atoms with Crippen molar-refractivity contribution in [3.8, 4) is 0 Å².